The van der Waals surface area contributed by atoms with Crippen LogP contribution in [0.1, 0.15) is 37.4 Å². The number of benzene rings is 1. The van der Waals surface area contributed by atoms with E-state index in [1.165, 1.54) is 0 Å². The molecule has 0 aliphatic heterocycles. The van der Waals surface area contributed by atoms with Crippen LogP contribution in [0.5, 0.6) is 5.75 Å². The molecule has 140 valence electrons. The molecule has 5 nitrogen and oxygen atoms in total. The predicted octanol–water partition coefficient (Wildman–Crippen LogP) is 4.56. The molecule has 0 amide bonds. The summed E-state index contributed by atoms with van der Waals surface area (Å²) >= 11 is 1.60. The molecule has 2 heterocycles. The zero-order chi connectivity index (χ0) is 19.4. The number of nitrogens with zero attached hydrogens (tertiary/aromatic N) is 3. The van der Waals surface area contributed by atoms with Crippen LogP contribution in [0.3, 0.4) is 0 Å². The zero-order valence-corrected chi connectivity index (χ0v) is 16.7. The van der Waals surface area contributed by atoms with Gasteiger partial charge in [-0.2, -0.15) is 5.26 Å². The van der Waals surface area contributed by atoms with E-state index >= 15 is 0 Å². The summed E-state index contributed by atoms with van der Waals surface area (Å²) in [6.45, 7) is 4.62. The summed E-state index contributed by atoms with van der Waals surface area (Å²) in [6, 6.07) is 9.96. The van der Waals surface area contributed by atoms with Crippen LogP contribution in [0.2, 0.25) is 0 Å². The minimum Gasteiger partial charge on any atom is -0.497 e. The molecule has 2 aromatic heterocycles. The number of thiophene rings is 1. The lowest BCUT2D eigenvalue weighted by Crippen LogP contribution is -2.25. The Morgan fingerprint density at radius 1 is 1.30 bits per heavy atom. The van der Waals surface area contributed by atoms with Crippen LogP contribution >= 0.6 is 11.3 Å². The quantitative estimate of drug-likeness (QED) is 0.563. The fourth-order valence-corrected chi connectivity index (χ4v) is 4.46. The fourth-order valence-electron chi connectivity index (χ4n) is 3.32. The minimum atomic E-state index is -0.0106. The van der Waals surface area contributed by atoms with E-state index in [0.717, 1.165) is 38.8 Å². The van der Waals surface area contributed by atoms with E-state index in [4.69, 9.17) is 15.0 Å². The van der Waals surface area contributed by atoms with E-state index in [0.29, 0.717) is 31.2 Å². The van der Waals surface area contributed by atoms with Crippen molar-refractivity contribution in [2.45, 2.75) is 46.1 Å². The van der Waals surface area contributed by atoms with Crippen molar-refractivity contribution in [1.82, 2.24) is 9.55 Å². The molecular formula is C21H23N3O2S. The highest BCUT2D eigenvalue weighted by Crippen LogP contribution is 2.37. The molecule has 0 unspecified atom stereocenters. The van der Waals surface area contributed by atoms with Gasteiger partial charge in [0.2, 0.25) is 0 Å². The van der Waals surface area contributed by atoms with Crippen molar-refractivity contribution < 1.29 is 4.74 Å². The number of rotatable bonds is 7. The third-order valence-corrected chi connectivity index (χ3v) is 5.86. The minimum absolute atomic E-state index is 0.0106. The first kappa shape index (κ1) is 19.1. The van der Waals surface area contributed by atoms with E-state index in [1.54, 1.807) is 23.0 Å². The molecule has 3 rings (SSSR count). The molecule has 0 atom stereocenters. The number of hydrogen-bond donors (Lipinski definition) is 0. The SMILES string of the molecule is CCc1sc2nc(CC)n(CCCC#N)c(=O)c2c1-c1cccc(OC)c1. The van der Waals surface area contributed by atoms with Crippen LogP contribution in [0, 0.1) is 11.3 Å². The van der Waals surface area contributed by atoms with Crippen molar-refractivity contribution >= 4 is 21.6 Å². The van der Waals surface area contributed by atoms with Gasteiger partial charge in [-0.15, -0.1) is 11.3 Å². The first-order valence-electron chi connectivity index (χ1n) is 9.21. The molecule has 1 aromatic carbocycles. The van der Waals surface area contributed by atoms with Crippen LogP contribution in [0.4, 0.5) is 0 Å². The summed E-state index contributed by atoms with van der Waals surface area (Å²) in [5.74, 6) is 1.55. The lowest BCUT2D eigenvalue weighted by atomic mass is 10.0. The maximum Gasteiger partial charge on any atom is 0.262 e. The Balaban J connectivity index is 2.28. The summed E-state index contributed by atoms with van der Waals surface area (Å²) in [5.41, 5.74) is 1.93. The van der Waals surface area contributed by atoms with Gasteiger partial charge in [0.1, 0.15) is 16.4 Å². The van der Waals surface area contributed by atoms with Crippen LogP contribution < -0.4 is 10.3 Å². The molecule has 0 fully saturated rings. The largest absolute Gasteiger partial charge is 0.497 e. The summed E-state index contributed by atoms with van der Waals surface area (Å²) in [7, 11) is 1.64. The molecule has 6 heteroatoms. The lowest BCUT2D eigenvalue weighted by molar-refractivity contribution is 0.415. The standard InChI is InChI=1S/C21H23N3O2S/c1-4-16-18(14-9-8-10-15(13-14)26-3)19-20(27-16)23-17(5-2)24(21(19)25)12-7-6-11-22/h8-10,13H,4-7,12H2,1-3H3. The number of nitriles is 1. The van der Waals surface area contributed by atoms with E-state index in [1.807, 2.05) is 31.2 Å². The average Bonchev–Trinajstić information content (AvgIpc) is 3.08. The van der Waals surface area contributed by atoms with Crippen molar-refractivity contribution in [1.29, 1.82) is 5.26 Å². The van der Waals surface area contributed by atoms with Crippen LogP contribution in [-0.4, -0.2) is 16.7 Å². The highest BCUT2D eigenvalue weighted by atomic mass is 32.1. The number of hydrogen-bond acceptors (Lipinski definition) is 5. The number of unbranched alkanes of at least 4 members (excludes halogenated alkanes) is 1. The van der Waals surface area contributed by atoms with Crippen molar-refractivity contribution in [2.75, 3.05) is 7.11 Å². The molecule has 0 aliphatic carbocycles. The lowest BCUT2D eigenvalue weighted by Gasteiger charge is -2.11. The second-order valence-corrected chi connectivity index (χ2v) is 7.35. The third kappa shape index (κ3) is 3.60. The molecule has 27 heavy (non-hydrogen) atoms. The Bertz CT molecular complexity index is 1060. The molecule has 3 aromatic rings. The van der Waals surface area contributed by atoms with Crippen molar-refractivity contribution in [3.05, 3.63) is 45.3 Å². The molecule has 0 saturated carbocycles. The average molecular weight is 382 g/mol. The number of ether oxygens (including phenoxy) is 1. The van der Waals surface area contributed by atoms with Crippen LogP contribution in [0.15, 0.2) is 29.1 Å². The zero-order valence-electron chi connectivity index (χ0n) is 15.9. The van der Waals surface area contributed by atoms with E-state index in [9.17, 15) is 4.79 Å². The molecular weight excluding hydrogens is 358 g/mol. The van der Waals surface area contributed by atoms with Gasteiger partial charge in [-0.1, -0.05) is 26.0 Å². The summed E-state index contributed by atoms with van der Waals surface area (Å²) in [6.07, 6.45) is 2.60. The summed E-state index contributed by atoms with van der Waals surface area (Å²) < 4.78 is 7.11. The van der Waals surface area contributed by atoms with Crippen LogP contribution in [-0.2, 0) is 19.4 Å². The number of aryl methyl sites for hydroxylation is 2. The summed E-state index contributed by atoms with van der Waals surface area (Å²) in [5, 5.41) is 9.51. The number of aromatic nitrogens is 2. The Labute approximate surface area is 162 Å². The van der Waals surface area contributed by atoms with Gasteiger partial charge in [0.15, 0.2) is 0 Å². The monoisotopic (exact) mass is 381 g/mol. The topological polar surface area (TPSA) is 67.9 Å². The van der Waals surface area contributed by atoms with E-state index in [2.05, 4.69) is 13.0 Å². The highest BCUT2D eigenvalue weighted by molar-refractivity contribution is 7.19. The molecule has 0 radical (unpaired) electrons. The second-order valence-electron chi connectivity index (χ2n) is 6.27. The fraction of sp³-hybridized carbons (Fsp3) is 0.381. The maximum atomic E-state index is 13.4. The molecule has 0 spiro atoms. The molecule has 0 aliphatic rings. The molecule has 0 bridgehead atoms. The second kappa shape index (κ2) is 8.36. The van der Waals surface area contributed by atoms with Crippen molar-refractivity contribution in [2.24, 2.45) is 0 Å². The highest BCUT2D eigenvalue weighted by Gasteiger charge is 2.20. The number of fused-ring (bicyclic) bond motifs is 1. The smallest absolute Gasteiger partial charge is 0.262 e. The van der Waals surface area contributed by atoms with Crippen molar-refractivity contribution in [3.8, 4) is 22.9 Å². The number of methoxy groups -OCH3 is 1. The Morgan fingerprint density at radius 3 is 2.78 bits per heavy atom. The van der Waals surface area contributed by atoms with E-state index in [-0.39, 0.29) is 5.56 Å². The first-order valence-corrected chi connectivity index (χ1v) is 10.0. The summed E-state index contributed by atoms with van der Waals surface area (Å²) in [4.78, 5) is 20.1. The molecule has 0 saturated heterocycles. The van der Waals surface area contributed by atoms with Gasteiger partial charge < -0.3 is 4.74 Å². The van der Waals surface area contributed by atoms with E-state index < -0.39 is 0 Å². The van der Waals surface area contributed by atoms with Crippen LogP contribution in [0.25, 0.3) is 21.3 Å². The Hall–Kier alpha value is -2.65. The third-order valence-electron chi connectivity index (χ3n) is 4.63. The van der Waals surface area contributed by atoms with Gasteiger partial charge in [-0.05, 0) is 30.5 Å². The normalized spacial score (nSPS) is 10.9. The van der Waals surface area contributed by atoms with Crippen molar-refractivity contribution in [3.63, 3.8) is 0 Å². The Kier molecular flexibility index (Phi) is 5.92. The maximum absolute atomic E-state index is 13.4. The van der Waals surface area contributed by atoms with Gasteiger partial charge in [-0.25, -0.2) is 4.98 Å². The van der Waals surface area contributed by atoms with Gasteiger partial charge in [0, 0.05) is 29.8 Å². The van der Waals surface area contributed by atoms with Gasteiger partial charge in [0.05, 0.1) is 18.6 Å². The predicted molar refractivity (Wildman–Crippen MR) is 109 cm³/mol. The first-order chi connectivity index (χ1) is 13.1. The van der Waals surface area contributed by atoms with Gasteiger partial charge >= 0.3 is 0 Å². The van der Waals surface area contributed by atoms with Gasteiger partial charge in [-0.3, -0.25) is 9.36 Å². The van der Waals surface area contributed by atoms with Gasteiger partial charge in [0.25, 0.3) is 5.56 Å². The molecule has 0 N–H and O–H groups in total. The Morgan fingerprint density at radius 2 is 2.11 bits per heavy atom.